The molecule has 2 rings (SSSR count). The average Bonchev–Trinajstić information content (AvgIpc) is 2.95. The molecule has 0 saturated heterocycles. The van der Waals surface area contributed by atoms with Crippen molar-refractivity contribution in [2.75, 3.05) is 13.2 Å². The maximum absolute atomic E-state index is 9.76. The SMILES string of the molecule is CC1CC(C)(C)CC(CO)(NCC2CC2)C1. The molecule has 2 fully saturated rings. The second-order valence-corrected chi connectivity index (χ2v) is 7.12. The van der Waals surface area contributed by atoms with Crippen molar-refractivity contribution in [1.82, 2.24) is 5.32 Å². The molecule has 94 valence electrons. The van der Waals surface area contributed by atoms with E-state index in [0.29, 0.717) is 12.0 Å². The van der Waals surface area contributed by atoms with Gasteiger partial charge in [-0.3, -0.25) is 0 Å². The van der Waals surface area contributed by atoms with E-state index in [4.69, 9.17) is 0 Å². The quantitative estimate of drug-likeness (QED) is 0.770. The topological polar surface area (TPSA) is 32.3 Å². The first kappa shape index (κ1) is 12.4. The Morgan fingerprint density at radius 2 is 1.94 bits per heavy atom. The van der Waals surface area contributed by atoms with E-state index in [-0.39, 0.29) is 5.54 Å². The second kappa shape index (κ2) is 4.30. The fraction of sp³-hybridized carbons (Fsp3) is 1.00. The number of hydrogen-bond donors (Lipinski definition) is 2. The van der Waals surface area contributed by atoms with Gasteiger partial charge in [0, 0.05) is 5.54 Å². The predicted molar refractivity (Wildman–Crippen MR) is 67.3 cm³/mol. The van der Waals surface area contributed by atoms with Crippen LogP contribution in [0, 0.1) is 17.3 Å². The highest BCUT2D eigenvalue weighted by atomic mass is 16.3. The summed E-state index contributed by atoms with van der Waals surface area (Å²) in [7, 11) is 0. The van der Waals surface area contributed by atoms with Gasteiger partial charge < -0.3 is 10.4 Å². The summed E-state index contributed by atoms with van der Waals surface area (Å²) in [5.41, 5.74) is 0.376. The predicted octanol–water partition coefficient (Wildman–Crippen LogP) is 2.56. The Morgan fingerprint density at radius 1 is 1.25 bits per heavy atom. The molecule has 0 spiro atoms. The van der Waals surface area contributed by atoms with Crippen molar-refractivity contribution < 1.29 is 5.11 Å². The third kappa shape index (κ3) is 2.98. The number of hydrogen-bond acceptors (Lipinski definition) is 2. The smallest absolute Gasteiger partial charge is 0.0613 e. The summed E-state index contributed by atoms with van der Waals surface area (Å²) in [6, 6.07) is 0. The average molecular weight is 225 g/mol. The van der Waals surface area contributed by atoms with Crippen LogP contribution in [0.15, 0.2) is 0 Å². The van der Waals surface area contributed by atoms with E-state index < -0.39 is 0 Å². The van der Waals surface area contributed by atoms with Gasteiger partial charge in [0.2, 0.25) is 0 Å². The Kier molecular flexibility index (Phi) is 3.33. The van der Waals surface area contributed by atoms with Gasteiger partial charge in [0.1, 0.15) is 0 Å². The normalized spacial score (nSPS) is 38.6. The molecule has 0 amide bonds. The number of rotatable bonds is 4. The molecule has 0 aliphatic heterocycles. The lowest BCUT2D eigenvalue weighted by atomic mass is 9.64. The van der Waals surface area contributed by atoms with Crippen molar-refractivity contribution in [3.05, 3.63) is 0 Å². The first-order chi connectivity index (χ1) is 7.45. The van der Waals surface area contributed by atoms with E-state index >= 15 is 0 Å². The third-order valence-corrected chi connectivity index (χ3v) is 4.22. The Hall–Kier alpha value is -0.0800. The minimum Gasteiger partial charge on any atom is -0.394 e. The van der Waals surface area contributed by atoms with Crippen LogP contribution in [0.2, 0.25) is 0 Å². The lowest BCUT2D eigenvalue weighted by Crippen LogP contribution is -2.55. The first-order valence-corrected chi connectivity index (χ1v) is 6.81. The minimum absolute atomic E-state index is 0.00373. The summed E-state index contributed by atoms with van der Waals surface area (Å²) in [6.07, 6.45) is 6.31. The van der Waals surface area contributed by atoms with E-state index in [1.807, 2.05) is 0 Å². The summed E-state index contributed by atoms with van der Waals surface area (Å²) >= 11 is 0. The van der Waals surface area contributed by atoms with Gasteiger partial charge in [-0.05, 0) is 55.9 Å². The molecule has 0 aromatic heterocycles. The molecule has 2 unspecified atom stereocenters. The summed E-state index contributed by atoms with van der Waals surface area (Å²) in [5.74, 6) is 1.62. The highest BCUT2D eigenvalue weighted by Gasteiger charge is 2.42. The Labute approximate surface area is 99.8 Å². The van der Waals surface area contributed by atoms with Gasteiger partial charge in [-0.1, -0.05) is 20.8 Å². The molecule has 2 saturated carbocycles. The number of aliphatic hydroxyl groups is 1. The molecule has 0 aromatic carbocycles. The highest BCUT2D eigenvalue weighted by Crippen LogP contribution is 2.44. The number of aliphatic hydroxyl groups excluding tert-OH is 1. The zero-order chi connectivity index (χ0) is 11.8. The molecule has 0 heterocycles. The summed E-state index contributed by atoms with van der Waals surface area (Å²) in [5, 5.41) is 13.4. The summed E-state index contributed by atoms with van der Waals surface area (Å²) in [6.45, 7) is 8.42. The molecule has 2 atom stereocenters. The van der Waals surface area contributed by atoms with Crippen molar-refractivity contribution in [3.8, 4) is 0 Å². The van der Waals surface area contributed by atoms with Crippen LogP contribution in [0.25, 0.3) is 0 Å². The molecule has 0 radical (unpaired) electrons. The van der Waals surface area contributed by atoms with Gasteiger partial charge >= 0.3 is 0 Å². The monoisotopic (exact) mass is 225 g/mol. The Balaban J connectivity index is 1.99. The molecular weight excluding hydrogens is 198 g/mol. The molecule has 2 N–H and O–H groups in total. The molecule has 2 heteroatoms. The lowest BCUT2D eigenvalue weighted by Gasteiger charge is -2.47. The van der Waals surface area contributed by atoms with Crippen molar-refractivity contribution >= 4 is 0 Å². The van der Waals surface area contributed by atoms with Gasteiger partial charge in [0.05, 0.1) is 6.61 Å². The van der Waals surface area contributed by atoms with Crippen molar-refractivity contribution in [2.45, 2.75) is 58.4 Å². The molecule has 16 heavy (non-hydrogen) atoms. The zero-order valence-electron chi connectivity index (χ0n) is 11.1. The molecule has 2 aliphatic rings. The van der Waals surface area contributed by atoms with Crippen molar-refractivity contribution in [1.29, 1.82) is 0 Å². The largest absolute Gasteiger partial charge is 0.394 e. The number of nitrogens with one attached hydrogen (secondary N) is 1. The van der Waals surface area contributed by atoms with E-state index in [0.717, 1.165) is 31.2 Å². The fourth-order valence-corrected chi connectivity index (χ4v) is 3.74. The minimum atomic E-state index is 0.00373. The molecule has 0 aromatic rings. The van der Waals surface area contributed by atoms with Crippen LogP contribution >= 0.6 is 0 Å². The van der Waals surface area contributed by atoms with Crippen molar-refractivity contribution in [2.24, 2.45) is 17.3 Å². The van der Waals surface area contributed by atoms with E-state index in [1.165, 1.54) is 19.3 Å². The second-order valence-electron chi connectivity index (χ2n) is 7.12. The van der Waals surface area contributed by atoms with Gasteiger partial charge in [-0.2, -0.15) is 0 Å². The maximum Gasteiger partial charge on any atom is 0.0613 e. The van der Waals surface area contributed by atoms with Crippen LogP contribution in [-0.4, -0.2) is 23.8 Å². The van der Waals surface area contributed by atoms with Crippen LogP contribution < -0.4 is 5.32 Å². The third-order valence-electron chi connectivity index (χ3n) is 4.22. The van der Waals surface area contributed by atoms with Crippen molar-refractivity contribution in [3.63, 3.8) is 0 Å². The van der Waals surface area contributed by atoms with E-state index in [2.05, 4.69) is 26.1 Å². The molecule has 0 bridgehead atoms. The fourth-order valence-electron chi connectivity index (χ4n) is 3.74. The van der Waals surface area contributed by atoms with Crippen LogP contribution in [0.1, 0.15) is 52.9 Å². The molecule has 2 nitrogen and oxygen atoms in total. The Morgan fingerprint density at radius 3 is 2.44 bits per heavy atom. The molecule has 2 aliphatic carbocycles. The van der Waals surface area contributed by atoms with E-state index in [1.54, 1.807) is 0 Å². The van der Waals surface area contributed by atoms with Gasteiger partial charge in [0.25, 0.3) is 0 Å². The van der Waals surface area contributed by atoms with Crippen LogP contribution in [0.3, 0.4) is 0 Å². The lowest BCUT2D eigenvalue weighted by molar-refractivity contribution is 0.0359. The highest BCUT2D eigenvalue weighted by molar-refractivity contribution is 4.99. The first-order valence-electron chi connectivity index (χ1n) is 6.81. The summed E-state index contributed by atoms with van der Waals surface area (Å²) < 4.78 is 0. The van der Waals surface area contributed by atoms with Gasteiger partial charge in [-0.25, -0.2) is 0 Å². The zero-order valence-corrected chi connectivity index (χ0v) is 11.1. The molecular formula is C14H27NO. The van der Waals surface area contributed by atoms with Crippen LogP contribution in [0.4, 0.5) is 0 Å². The Bertz CT molecular complexity index is 247. The van der Waals surface area contributed by atoms with E-state index in [9.17, 15) is 5.11 Å². The van der Waals surface area contributed by atoms with Crippen LogP contribution in [0.5, 0.6) is 0 Å². The van der Waals surface area contributed by atoms with Crippen LogP contribution in [-0.2, 0) is 0 Å². The maximum atomic E-state index is 9.76. The van der Waals surface area contributed by atoms with Gasteiger partial charge in [-0.15, -0.1) is 0 Å². The summed E-state index contributed by atoms with van der Waals surface area (Å²) in [4.78, 5) is 0. The van der Waals surface area contributed by atoms with Gasteiger partial charge in [0.15, 0.2) is 0 Å². The standard InChI is InChI=1S/C14H27NO/c1-11-6-13(2,3)9-14(7-11,10-16)15-8-12-4-5-12/h11-12,15-16H,4-10H2,1-3H3.